The second-order valence-corrected chi connectivity index (χ2v) is 6.09. The molecule has 2 unspecified atom stereocenters. The van der Waals surface area contributed by atoms with Gasteiger partial charge in [0.1, 0.15) is 5.82 Å². The molecule has 2 atom stereocenters. The summed E-state index contributed by atoms with van der Waals surface area (Å²) in [6.07, 6.45) is 3.34. The third kappa shape index (κ3) is 3.81. The van der Waals surface area contributed by atoms with Crippen LogP contribution in [0.3, 0.4) is 0 Å². The highest BCUT2D eigenvalue weighted by Gasteiger charge is 2.31. The number of benzene rings is 1. The molecule has 0 aromatic heterocycles. The SMILES string of the molecule is O=C(NCC1CCCCC1C(=O)O)c1cccc(F)c1Br. The number of nitrogens with one attached hydrogen (secondary N) is 1. The number of carboxylic acid groups (broad SMARTS) is 1. The van der Waals surface area contributed by atoms with Crippen molar-refractivity contribution in [1.82, 2.24) is 5.32 Å². The topological polar surface area (TPSA) is 66.4 Å². The lowest BCUT2D eigenvalue weighted by Gasteiger charge is -2.28. The van der Waals surface area contributed by atoms with Gasteiger partial charge >= 0.3 is 5.97 Å². The number of carbonyl (C=O) groups is 2. The van der Waals surface area contributed by atoms with Crippen molar-refractivity contribution in [3.8, 4) is 0 Å². The van der Waals surface area contributed by atoms with Crippen molar-refractivity contribution in [3.05, 3.63) is 34.1 Å². The Morgan fingerprint density at radius 3 is 2.76 bits per heavy atom. The second-order valence-electron chi connectivity index (χ2n) is 5.30. The van der Waals surface area contributed by atoms with Crippen molar-refractivity contribution < 1.29 is 19.1 Å². The van der Waals surface area contributed by atoms with Crippen LogP contribution in [0, 0.1) is 17.7 Å². The number of amides is 1. The van der Waals surface area contributed by atoms with Crippen LogP contribution in [0.15, 0.2) is 22.7 Å². The van der Waals surface area contributed by atoms with Crippen LogP contribution in [0.4, 0.5) is 4.39 Å². The zero-order valence-corrected chi connectivity index (χ0v) is 13.0. The Balaban J connectivity index is 2.00. The Morgan fingerprint density at radius 1 is 1.33 bits per heavy atom. The monoisotopic (exact) mass is 357 g/mol. The maximum Gasteiger partial charge on any atom is 0.306 e. The molecule has 1 amide bonds. The molecule has 0 heterocycles. The molecule has 1 saturated carbocycles. The van der Waals surface area contributed by atoms with Crippen LogP contribution in [0.1, 0.15) is 36.0 Å². The Bertz CT molecular complexity index is 550. The number of aliphatic carboxylic acids is 1. The standard InChI is InChI=1S/C15H17BrFNO3/c16-13-11(6-3-7-12(13)17)14(19)18-8-9-4-1-2-5-10(9)15(20)21/h3,6-7,9-10H,1-2,4-5,8H2,(H,18,19)(H,20,21). The largest absolute Gasteiger partial charge is 0.481 e. The molecule has 1 aromatic carbocycles. The molecule has 0 spiro atoms. The van der Waals surface area contributed by atoms with Crippen LogP contribution in [0.2, 0.25) is 0 Å². The zero-order chi connectivity index (χ0) is 15.4. The number of hydrogen-bond acceptors (Lipinski definition) is 2. The van der Waals surface area contributed by atoms with Gasteiger partial charge in [-0.05, 0) is 46.8 Å². The average Bonchev–Trinajstić information content (AvgIpc) is 2.47. The van der Waals surface area contributed by atoms with Gasteiger partial charge in [-0.3, -0.25) is 9.59 Å². The van der Waals surface area contributed by atoms with Crippen LogP contribution in [0.25, 0.3) is 0 Å². The lowest BCUT2D eigenvalue weighted by atomic mass is 9.79. The van der Waals surface area contributed by atoms with Crippen LogP contribution in [-0.2, 0) is 4.79 Å². The highest BCUT2D eigenvalue weighted by molar-refractivity contribution is 9.10. The van der Waals surface area contributed by atoms with E-state index in [2.05, 4.69) is 21.2 Å². The highest BCUT2D eigenvalue weighted by atomic mass is 79.9. The predicted octanol–water partition coefficient (Wildman–Crippen LogP) is 3.21. The first-order valence-corrected chi connectivity index (χ1v) is 7.75. The molecule has 4 nitrogen and oxygen atoms in total. The van der Waals surface area contributed by atoms with E-state index in [1.807, 2.05) is 0 Å². The Kier molecular flexibility index (Phi) is 5.33. The quantitative estimate of drug-likeness (QED) is 0.869. The van der Waals surface area contributed by atoms with Crippen molar-refractivity contribution >= 4 is 27.8 Å². The molecule has 0 bridgehead atoms. The van der Waals surface area contributed by atoms with Gasteiger partial charge in [-0.25, -0.2) is 4.39 Å². The summed E-state index contributed by atoms with van der Waals surface area (Å²) in [7, 11) is 0. The zero-order valence-electron chi connectivity index (χ0n) is 11.4. The lowest BCUT2D eigenvalue weighted by molar-refractivity contribution is -0.144. The van der Waals surface area contributed by atoms with Crippen LogP contribution in [-0.4, -0.2) is 23.5 Å². The minimum atomic E-state index is -0.805. The predicted molar refractivity (Wildman–Crippen MR) is 79.5 cm³/mol. The molecule has 1 aliphatic rings. The third-order valence-electron chi connectivity index (χ3n) is 3.95. The molecule has 2 rings (SSSR count). The maximum atomic E-state index is 13.4. The maximum absolute atomic E-state index is 13.4. The van der Waals surface area contributed by atoms with Crippen molar-refractivity contribution in [2.24, 2.45) is 11.8 Å². The summed E-state index contributed by atoms with van der Waals surface area (Å²) in [6.45, 7) is 0.304. The summed E-state index contributed by atoms with van der Waals surface area (Å²) in [4.78, 5) is 23.3. The molecule has 6 heteroatoms. The van der Waals surface area contributed by atoms with Gasteiger partial charge in [0.05, 0.1) is 16.0 Å². The van der Waals surface area contributed by atoms with E-state index in [4.69, 9.17) is 0 Å². The molecule has 0 saturated heterocycles. The van der Waals surface area contributed by atoms with E-state index in [0.29, 0.717) is 13.0 Å². The molecular formula is C15H17BrFNO3. The van der Waals surface area contributed by atoms with Crippen LogP contribution in [0.5, 0.6) is 0 Å². The van der Waals surface area contributed by atoms with Gasteiger partial charge in [-0.1, -0.05) is 18.9 Å². The van der Waals surface area contributed by atoms with Gasteiger partial charge in [0.2, 0.25) is 0 Å². The number of hydrogen-bond donors (Lipinski definition) is 2. The Labute approximate surface area is 130 Å². The third-order valence-corrected chi connectivity index (χ3v) is 4.75. The Hall–Kier alpha value is -1.43. The van der Waals surface area contributed by atoms with Gasteiger partial charge < -0.3 is 10.4 Å². The first-order valence-electron chi connectivity index (χ1n) is 6.95. The molecular weight excluding hydrogens is 341 g/mol. The van der Waals surface area contributed by atoms with Crippen LogP contribution >= 0.6 is 15.9 Å². The van der Waals surface area contributed by atoms with Gasteiger partial charge in [0.25, 0.3) is 5.91 Å². The Morgan fingerprint density at radius 2 is 2.05 bits per heavy atom. The second kappa shape index (κ2) is 7.02. The first kappa shape index (κ1) is 15.9. The van der Waals surface area contributed by atoms with E-state index in [1.165, 1.54) is 18.2 Å². The van der Waals surface area contributed by atoms with E-state index in [-0.39, 0.29) is 16.0 Å². The van der Waals surface area contributed by atoms with Gasteiger partial charge in [-0.2, -0.15) is 0 Å². The van der Waals surface area contributed by atoms with E-state index in [0.717, 1.165) is 19.3 Å². The number of rotatable bonds is 4. The molecule has 114 valence electrons. The fourth-order valence-electron chi connectivity index (χ4n) is 2.78. The fraction of sp³-hybridized carbons (Fsp3) is 0.467. The lowest BCUT2D eigenvalue weighted by Crippen LogP contribution is -2.37. The normalized spacial score (nSPS) is 21.8. The fourth-order valence-corrected chi connectivity index (χ4v) is 3.22. The minimum absolute atomic E-state index is 0.0625. The van der Waals surface area contributed by atoms with E-state index in [9.17, 15) is 19.1 Å². The summed E-state index contributed by atoms with van der Waals surface area (Å²) >= 11 is 3.05. The number of halogens is 2. The van der Waals surface area contributed by atoms with Crippen molar-refractivity contribution in [2.75, 3.05) is 6.54 Å². The highest BCUT2D eigenvalue weighted by Crippen LogP contribution is 2.30. The van der Waals surface area contributed by atoms with E-state index in [1.54, 1.807) is 0 Å². The van der Waals surface area contributed by atoms with Crippen molar-refractivity contribution in [3.63, 3.8) is 0 Å². The molecule has 1 aliphatic carbocycles. The summed E-state index contributed by atoms with van der Waals surface area (Å²) in [6, 6.07) is 4.26. The smallest absolute Gasteiger partial charge is 0.306 e. The van der Waals surface area contributed by atoms with Gasteiger partial charge in [0, 0.05) is 6.54 Å². The average molecular weight is 358 g/mol. The summed E-state index contributed by atoms with van der Waals surface area (Å²) < 4.78 is 13.5. The number of carbonyl (C=O) groups excluding carboxylic acids is 1. The molecule has 1 aromatic rings. The van der Waals surface area contributed by atoms with Gasteiger partial charge in [-0.15, -0.1) is 0 Å². The van der Waals surface area contributed by atoms with Gasteiger partial charge in [0.15, 0.2) is 0 Å². The first-order chi connectivity index (χ1) is 10.0. The number of carboxylic acids is 1. The molecule has 0 radical (unpaired) electrons. The summed E-state index contributed by atoms with van der Waals surface area (Å²) in [5.41, 5.74) is 0.220. The summed E-state index contributed by atoms with van der Waals surface area (Å²) in [5.74, 6) is -2.16. The summed E-state index contributed by atoms with van der Waals surface area (Å²) in [5, 5.41) is 11.9. The molecule has 0 aliphatic heterocycles. The van der Waals surface area contributed by atoms with Crippen LogP contribution < -0.4 is 5.32 Å². The van der Waals surface area contributed by atoms with E-state index < -0.39 is 23.6 Å². The van der Waals surface area contributed by atoms with E-state index >= 15 is 0 Å². The molecule has 2 N–H and O–H groups in total. The molecule has 21 heavy (non-hydrogen) atoms. The minimum Gasteiger partial charge on any atom is -0.481 e. The van der Waals surface area contributed by atoms with Crippen molar-refractivity contribution in [1.29, 1.82) is 0 Å². The van der Waals surface area contributed by atoms with Crippen molar-refractivity contribution in [2.45, 2.75) is 25.7 Å². The molecule has 1 fully saturated rings.